The molecule has 1 amide bonds. The van der Waals surface area contributed by atoms with Crippen LogP contribution in [0, 0.1) is 11.8 Å². The predicted molar refractivity (Wildman–Crippen MR) is 106 cm³/mol. The number of aliphatic carboxylic acids is 1. The zero-order chi connectivity index (χ0) is 19.8. The first-order valence-corrected chi connectivity index (χ1v) is 9.58. The van der Waals surface area contributed by atoms with Gasteiger partial charge in [0.25, 0.3) is 0 Å². The van der Waals surface area contributed by atoms with Crippen molar-refractivity contribution >= 4 is 17.6 Å². The van der Waals surface area contributed by atoms with E-state index >= 15 is 0 Å². The fourth-order valence-electron chi connectivity index (χ4n) is 3.47. The number of ether oxygens (including phenoxy) is 2. The van der Waals surface area contributed by atoms with E-state index in [1.165, 1.54) is 0 Å². The Morgan fingerprint density at radius 1 is 0.893 bits per heavy atom. The smallest absolute Gasteiger partial charge is 0.307 e. The van der Waals surface area contributed by atoms with Crippen molar-refractivity contribution in [1.29, 1.82) is 0 Å². The summed E-state index contributed by atoms with van der Waals surface area (Å²) in [6.45, 7) is 0.777. The van der Waals surface area contributed by atoms with Crippen LogP contribution in [0.15, 0.2) is 54.6 Å². The molecule has 2 aromatic carbocycles. The molecule has 1 saturated carbocycles. The van der Waals surface area contributed by atoms with Gasteiger partial charge in [0.05, 0.1) is 11.8 Å². The van der Waals surface area contributed by atoms with E-state index in [4.69, 9.17) is 9.47 Å². The molecule has 0 heterocycles. The van der Waals surface area contributed by atoms with Crippen LogP contribution < -0.4 is 14.8 Å². The van der Waals surface area contributed by atoms with Gasteiger partial charge in [-0.25, -0.2) is 0 Å². The Hall–Kier alpha value is -3.02. The lowest BCUT2D eigenvalue weighted by atomic mass is 9.78. The summed E-state index contributed by atoms with van der Waals surface area (Å²) in [6.07, 6.45) is 2.90. The summed E-state index contributed by atoms with van der Waals surface area (Å²) in [5.74, 6) is -0.828. The molecule has 0 spiro atoms. The Balaban J connectivity index is 1.51. The molecule has 1 fully saturated rings. The quantitative estimate of drug-likeness (QED) is 0.674. The monoisotopic (exact) mass is 383 g/mol. The van der Waals surface area contributed by atoms with Gasteiger partial charge in [0.1, 0.15) is 24.7 Å². The number of amides is 1. The summed E-state index contributed by atoms with van der Waals surface area (Å²) >= 11 is 0. The van der Waals surface area contributed by atoms with Gasteiger partial charge in [-0.3, -0.25) is 9.59 Å². The standard InChI is InChI=1S/C22H25NO5/c24-21(19-11-4-5-12-20(19)22(25)26)23-16-7-6-10-18(15-16)28-14-13-27-17-8-2-1-3-9-17/h1-3,6-10,15,19-20H,4-5,11-14H2,(H,23,24)(H,25,26). The number of hydrogen-bond acceptors (Lipinski definition) is 4. The second-order valence-electron chi connectivity index (χ2n) is 6.86. The number of para-hydroxylation sites is 1. The first kappa shape index (κ1) is 19.7. The van der Waals surface area contributed by atoms with Gasteiger partial charge in [-0.15, -0.1) is 0 Å². The van der Waals surface area contributed by atoms with Gasteiger partial charge in [0.15, 0.2) is 0 Å². The summed E-state index contributed by atoms with van der Waals surface area (Å²) in [4.78, 5) is 24.0. The average Bonchev–Trinajstić information content (AvgIpc) is 2.72. The van der Waals surface area contributed by atoms with Crippen LogP contribution >= 0.6 is 0 Å². The van der Waals surface area contributed by atoms with Crippen molar-refractivity contribution in [2.45, 2.75) is 25.7 Å². The summed E-state index contributed by atoms with van der Waals surface area (Å²) in [5, 5.41) is 12.2. The van der Waals surface area contributed by atoms with Gasteiger partial charge >= 0.3 is 5.97 Å². The zero-order valence-electron chi connectivity index (χ0n) is 15.7. The number of carboxylic acids is 1. The zero-order valence-corrected chi connectivity index (χ0v) is 15.7. The topological polar surface area (TPSA) is 84.9 Å². The van der Waals surface area contributed by atoms with Crippen LogP contribution in [0.25, 0.3) is 0 Å². The third-order valence-corrected chi connectivity index (χ3v) is 4.89. The molecule has 2 aromatic rings. The van der Waals surface area contributed by atoms with Crippen LogP contribution in [-0.2, 0) is 9.59 Å². The Bertz CT molecular complexity index is 793. The van der Waals surface area contributed by atoms with Crippen molar-refractivity contribution in [2.75, 3.05) is 18.5 Å². The minimum Gasteiger partial charge on any atom is -0.490 e. The molecule has 28 heavy (non-hydrogen) atoms. The highest BCUT2D eigenvalue weighted by atomic mass is 16.5. The molecule has 1 aliphatic rings. The maximum atomic E-state index is 12.6. The van der Waals surface area contributed by atoms with Crippen molar-refractivity contribution in [1.82, 2.24) is 0 Å². The molecule has 6 heteroatoms. The van der Waals surface area contributed by atoms with Crippen molar-refractivity contribution in [2.24, 2.45) is 11.8 Å². The fraction of sp³-hybridized carbons (Fsp3) is 0.364. The normalized spacial score (nSPS) is 18.9. The van der Waals surface area contributed by atoms with E-state index in [0.29, 0.717) is 37.5 Å². The van der Waals surface area contributed by atoms with Crippen LogP contribution in [0.3, 0.4) is 0 Å². The molecule has 3 rings (SSSR count). The molecule has 0 bridgehead atoms. The van der Waals surface area contributed by atoms with E-state index in [9.17, 15) is 14.7 Å². The molecule has 148 valence electrons. The average molecular weight is 383 g/mol. The van der Waals surface area contributed by atoms with Crippen LogP contribution in [0.4, 0.5) is 5.69 Å². The Morgan fingerprint density at radius 2 is 1.54 bits per heavy atom. The summed E-state index contributed by atoms with van der Waals surface area (Å²) in [5.41, 5.74) is 0.598. The van der Waals surface area contributed by atoms with E-state index in [2.05, 4.69) is 5.32 Å². The lowest BCUT2D eigenvalue weighted by molar-refractivity contribution is -0.147. The summed E-state index contributed by atoms with van der Waals surface area (Å²) < 4.78 is 11.3. The third-order valence-electron chi connectivity index (χ3n) is 4.89. The molecule has 6 nitrogen and oxygen atoms in total. The Morgan fingerprint density at radius 3 is 2.25 bits per heavy atom. The summed E-state index contributed by atoms with van der Waals surface area (Å²) in [6, 6.07) is 16.6. The number of rotatable bonds is 8. The van der Waals surface area contributed by atoms with Crippen molar-refractivity contribution in [3.8, 4) is 11.5 Å². The van der Waals surface area contributed by atoms with Crippen LogP contribution in [0.2, 0.25) is 0 Å². The minimum absolute atomic E-state index is 0.239. The van der Waals surface area contributed by atoms with Gasteiger partial charge in [-0.1, -0.05) is 37.1 Å². The lowest BCUT2D eigenvalue weighted by Gasteiger charge is -2.27. The third kappa shape index (κ3) is 5.49. The molecule has 0 saturated heterocycles. The maximum Gasteiger partial charge on any atom is 0.307 e. The lowest BCUT2D eigenvalue weighted by Crippen LogP contribution is -2.36. The van der Waals surface area contributed by atoms with Gasteiger partial charge in [-0.2, -0.15) is 0 Å². The predicted octanol–water partition coefficient (Wildman–Crippen LogP) is 3.97. The molecular formula is C22H25NO5. The van der Waals surface area contributed by atoms with Gasteiger partial charge in [0, 0.05) is 11.8 Å². The van der Waals surface area contributed by atoms with E-state index in [0.717, 1.165) is 18.6 Å². The molecule has 2 unspecified atom stereocenters. The van der Waals surface area contributed by atoms with Gasteiger partial charge in [0.2, 0.25) is 5.91 Å². The molecule has 2 N–H and O–H groups in total. The molecule has 1 aliphatic carbocycles. The highest BCUT2D eigenvalue weighted by Crippen LogP contribution is 2.31. The maximum absolute atomic E-state index is 12.6. The first-order valence-electron chi connectivity index (χ1n) is 9.58. The number of carboxylic acid groups (broad SMARTS) is 1. The van der Waals surface area contributed by atoms with E-state index < -0.39 is 17.8 Å². The molecule has 0 aromatic heterocycles. The summed E-state index contributed by atoms with van der Waals surface area (Å²) in [7, 11) is 0. The van der Waals surface area contributed by atoms with Gasteiger partial charge in [-0.05, 0) is 37.1 Å². The minimum atomic E-state index is -0.893. The number of carbonyl (C=O) groups excluding carboxylic acids is 1. The van der Waals surface area contributed by atoms with Crippen LogP contribution in [-0.4, -0.2) is 30.2 Å². The second-order valence-corrected chi connectivity index (χ2v) is 6.86. The van der Waals surface area contributed by atoms with Gasteiger partial charge < -0.3 is 19.9 Å². The van der Waals surface area contributed by atoms with Crippen molar-refractivity contribution < 1.29 is 24.2 Å². The fourth-order valence-corrected chi connectivity index (χ4v) is 3.47. The highest BCUT2D eigenvalue weighted by Gasteiger charge is 2.35. The number of hydrogen-bond donors (Lipinski definition) is 2. The van der Waals surface area contributed by atoms with E-state index in [-0.39, 0.29) is 5.91 Å². The SMILES string of the molecule is O=C(O)C1CCCCC1C(=O)Nc1cccc(OCCOc2ccccc2)c1. The molecule has 0 radical (unpaired) electrons. The first-order chi connectivity index (χ1) is 13.6. The van der Waals surface area contributed by atoms with Crippen LogP contribution in [0.1, 0.15) is 25.7 Å². The molecular weight excluding hydrogens is 358 g/mol. The number of nitrogens with one attached hydrogen (secondary N) is 1. The largest absolute Gasteiger partial charge is 0.490 e. The Kier molecular flexibility index (Phi) is 6.89. The van der Waals surface area contributed by atoms with E-state index in [1.54, 1.807) is 24.3 Å². The molecule has 0 aliphatic heterocycles. The highest BCUT2D eigenvalue weighted by molar-refractivity contribution is 5.95. The Labute approximate surface area is 164 Å². The number of benzene rings is 2. The van der Waals surface area contributed by atoms with Crippen LogP contribution in [0.5, 0.6) is 11.5 Å². The van der Waals surface area contributed by atoms with Crippen molar-refractivity contribution in [3.63, 3.8) is 0 Å². The van der Waals surface area contributed by atoms with E-state index in [1.807, 2.05) is 30.3 Å². The number of carbonyl (C=O) groups is 2. The van der Waals surface area contributed by atoms with Crippen molar-refractivity contribution in [3.05, 3.63) is 54.6 Å². The number of anilines is 1. The second kappa shape index (κ2) is 9.78. The molecule has 2 atom stereocenters.